The minimum absolute atomic E-state index is 0.255. The number of rotatable bonds is 2. The van der Waals surface area contributed by atoms with Crippen LogP contribution in [0.5, 0.6) is 0 Å². The third-order valence-electron chi connectivity index (χ3n) is 4.99. The highest BCUT2D eigenvalue weighted by atomic mass is 16.5. The van der Waals surface area contributed by atoms with Crippen LogP contribution in [0.25, 0.3) is 0 Å². The van der Waals surface area contributed by atoms with Crippen molar-refractivity contribution in [3.05, 3.63) is 0 Å². The molecule has 4 nitrogen and oxygen atoms in total. The molecule has 2 heterocycles. The fourth-order valence-electron chi connectivity index (χ4n) is 3.56. The predicted molar refractivity (Wildman–Crippen MR) is 69.3 cm³/mol. The number of nitrogens with zero attached hydrogens (tertiary/aromatic N) is 1. The van der Waals surface area contributed by atoms with E-state index in [2.05, 4.69) is 17.1 Å². The van der Waals surface area contributed by atoms with E-state index in [-0.39, 0.29) is 6.10 Å². The number of nitrogens with one attached hydrogen (secondary N) is 1. The summed E-state index contributed by atoms with van der Waals surface area (Å²) in [4.78, 5) is 14.6. The van der Waals surface area contributed by atoms with Crippen LogP contribution >= 0.6 is 0 Å². The summed E-state index contributed by atoms with van der Waals surface area (Å²) < 4.78 is 5.64. The molecule has 102 valence electrons. The second-order valence-electron chi connectivity index (χ2n) is 6.05. The van der Waals surface area contributed by atoms with Gasteiger partial charge in [-0.1, -0.05) is 6.92 Å². The number of hydrogen-bond acceptors (Lipinski definition) is 3. The third kappa shape index (κ3) is 2.16. The third-order valence-corrected chi connectivity index (χ3v) is 4.99. The zero-order valence-electron chi connectivity index (χ0n) is 11.3. The fourth-order valence-corrected chi connectivity index (χ4v) is 3.56. The molecule has 3 rings (SSSR count). The Balaban J connectivity index is 1.58. The van der Waals surface area contributed by atoms with Crippen molar-refractivity contribution in [2.75, 3.05) is 32.8 Å². The standard InChI is InChI=1S/C14H24N2O2/c1-2-11-10-16(7-8-18-11)13(17)12-9-14(12)3-5-15-6-4-14/h11-12,15H,2-10H2,1H3. The molecule has 0 bridgehead atoms. The molecule has 1 amide bonds. The van der Waals surface area contributed by atoms with Crippen molar-refractivity contribution in [2.24, 2.45) is 11.3 Å². The van der Waals surface area contributed by atoms with E-state index >= 15 is 0 Å². The van der Waals surface area contributed by atoms with Crippen LogP contribution in [0.15, 0.2) is 0 Å². The summed E-state index contributed by atoms with van der Waals surface area (Å²) in [5.74, 6) is 0.717. The van der Waals surface area contributed by atoms with Gasteiger partial charge in [0.15, 0.2) is 0 Å². The smallest absolute Gasteiger partial charge is 0.226 e. The molecule has 2 unspecified atom stereocenters. The van der Waals surface area contributed by atoms with Crippen molar-refractivity contribution in [1.29, 1.82) is 0 Å². The van der Waals surface area contributed by atoms with Crippen molar-refractivity contribution in [3.63, 3.8) is 0 Å². The number of amides is 1. The minimum atomic E-state index is 0.255. The normalized spacial score (nSPS) is 34.6. The quantitative estimate of drug-likeness (QED) is 0.797. The SMILES string of the molecule is CCC1CN(C(=O)C2CC23CCNCC3)CCO1. The van der Waals surface area contributed by atoms with Gasteiger partial charge in [0.2, 0.25) is 5.91 Å². The fraction of sp³-hybridized carbons (Fsp3) is 0.929. The maximum absolute atomic E-state index is 12.5. The Hall–Kier alpha value is -0.610. The van der Waals surface area contributed by atoms with Gasteiger partial charge in [-0.15, -0.1) is 0 Å². The maximum atomic E-state index is 12.5. The first-order chi connectivity index (χ1) is 8.75. The van der Waals surface area contributed by atoms with E-state index < -0.39 is 0 Å². The number of hydrogen-bond donors (Lipinski definition) is 1. The van der Waals surface area contributed by atoms with Crippen LogP contribution in [0.1, 0.15) is 32.6 Å². The molecule has 2 aliphatic heterocycles. The van der Waals surface area contributed by atoms with Crippen LogP contribution in [-0.2, 0) is 9.53 Å². The highest BCUT2D eigenvalue weighted by Crippen LogP contribution is 2.59. The van der Waals surface area contributed by atoms with Gasteiger partial charge < -0.3 is 15.0 Å². The van der Waals surface area contributed by atoms with Crippen LogP contribution in [-0.4, -0.2) is 49.7 Å². The lowest BCUT2D eigenvalue weighted by Gasteiger charge is -2.33. The lowest BCUT2D eigenvalue weighted by atomic mass is 9.91. The first-order valence-corrected chi connectivity index (χ1v) is 7.36. The van der Waals surface area contributed by atoms with E-state index in [1.165, 1.54) is 12.8 Å². The van der Waals surface area contributed by atoms with Gasteiger partial charge in [0.25, 0.3) is 0 Å². The lowest BCUT2D eigenvalue weighted by Crippen LogP contribution is -2.46. The van der Waals surface area contributed by atoms with Crippen molar-refractivity contribution < 1.29 is 9.53 Å². The van der Waals surface area contributed by atoms with Crippen molar-refractivity contribution >= 4 is 5.91 Å². The van der Waals surface area contributed by atoms with Crippen LogP contribution < -0.4 is 5.32 Å². The first kappa shape index (κ1) is 12.4. The molecule has 0 radical (unpaired) electrons. The Morgan fingerprint density at radius 2 is 2.22 bits per heavy atom. The van der Waals surface area contributed by atoms with Gasteiger partial charge in [0.05, 0.1) is 12.7 Å². The lowest BCUT2D eigenvalue weighted by molar-refractivity contribution is -0.141. The molecular weight excluding hydrogens is 228 g/mol. The summed E-state index contributed by atoms with van der Waals surface area (Å²) in [7, 11) is 0. The Bertz CT molecular complexity index is 322. The van der Waals surface area contributed by atoms with E-state index in [4.69, 9.17) is 4.74 Å². The summed E-state index contributed by atoms with van der Waals surface area (Å²) in [6, 6.07) is 0. The van der Waals surface area contributed by atoms with Crippen LogP contribution in [0, 0.1) is 11.3 Å². The topological polar surface area (TPSA) is 41.6 Å². The molecule has 0 aromatic rings. The van der Waals surface area contributed by atoms with Crippen molar-refractivity contribution in [3.8, 4) is 0 Å². The molecule has 1 spiro atoms. The molecule has 0 aromatic heterocycles. The number of carbonyl (C=O) groups is 1. The second kappa shape index (κ2) is 4.82. The summed E-state index contributed by atoms with van der Waals surface area (Å²) in [6.45, 7) is 6.62. The molecule has 1 saturated carbocycles. The number of morpholine rings is 1. The summed E-state index contributed by atoms with van der Waals surface area (Å²) in [5, 5.41) is 3.39. The van der Waals surface area contributed by atoms with Crippen LogP contribution in [0.4, 0.5) is 0 Å². The minimum Gasteiger partial charge on any atom is -0.375 e. The highest BCUT2D eigenvalue weighted by Gasteiger charge is 2.58. The first-order valence-electron chi connectivity index (χ1n) is 7.36. The van der Waals surface area contributed by atoms with Gasteiger partial charge in [-0.25, -0.2) is 0 Å². The Labute approximate surface area is 109 Å². The number of ether oxygens (including phenoxy) is 1. The summed E-state index contributed by atoms with van der Waals surface area (Å²) in [6.07, 6.45) is 4.76. The van der Waals surface area contributed by atoms with E-state index in [0.29, 0.717) is 23.8 Å². The molecule has 18 heavy (non-hydrogen) atoms. The van der Waals surface area contributed by atoms with Gasteiger partial charge in [0.1, 0.15) is 0 Å². The Morgan fingerprint density at radius 3 is 2.94 bits per heavy atom. The van der Waals surface area contributed by atoms with Crippen LogP contribution in [0.3, 0.4) is 0 Å². The number of piperidine rings is 1. The van der Waals surface area contributed by atoms with Gasteiger partial charge in [-0.3, -0.25) is 4.79 Å². The molecule has 4 heteroatoms. The van der Waals surface area contributed by atoms with E-state index in [9.17, 15) is 4.79 Å². The maximum Gasteiger partial charge on any atom is 0.226 e. The van der Waals surface area contributed by atoms with Gasteiger partial charge in [-0.05, 0) is 44.2 Å². The zero-order chi connectivity index (χ0) is 12.6. The largest absolute Gasteiger partial charge is 0.375 e. The van der Waals surface area contributed by atoms with Crippen molar-refractivity contribution in [2.45, 2.75) is 38.7 Å². The highest BCUT2D eigenvalue weighted by molar-refractivity contribution is 5.83. The Kier molecular flexibility index (Phi) is 3.32. The van der Waals surface area contributed by atoms with Crippen molar-refractivity contribution in [1.82, 2.24) is 10.2 Å². The van der Waals surface area contributed by atoms with Gasteiger partial charge >= 0.3 is 0 Å². The molecule has 2 atom stereocenters. The predicted octanol–water partition coefficient (Wildman–Crippen LogP) is 1.01. The molecule has 0 aromatic carbocycles. The van der Waals surface area contributed by atoms with Gasteiger partial charge in [-0.2, -0.15) is 0 Å². The average Bonchev–Trinajstić information content (AvgIpc) is 3.12. The molecule has 1 aliphatic carbocycles. The molecule has 3 fully saturated rings. The molecule has 1 N–H and O–H groups in total. The average molecular weight is 252 g/mol. The second-order valence-corrected chi connectivity index (χ2v) is 6.05. The monoisotopic (exact) mass is 252 g/mol. The summed E-state index contributed by atoms with van der Waals surface area (Å²) >= 11 is 0. The van der Waals surface area contributed by atoms with Gasteiger partial charge in [0, 0.05) is 19.0 Å². The van der Waals surface area contributed by atoms with Crippen LogP contribution in [0.2, 0.25) is 0 Å². The van der Waals surface area contributed by atoms with E-state index in [1.807, 2.05) is 0 Å². The molecular formula is C14H24N2O2. The Morgan fingerprint density at radius 1 is 1.44 bits per heavy atom. The molecule has 3 aliphatic rings. The van der Waals surface area contributed by atoms with E-state index in [0.717, 1.165) is 39.0 Å². The number of carbonyl (C=O) groups excluding carboxylic acids is 1. The summed E-state index contributed by atoms with van der Waals surface area (Å²) in [5.41, 5.74) is 0.363. The molecule has 2 saturated heterocycles. The zero-order valence-corrected chi connectivity index (χ0v) is 11.3. The van der Waals surface area contributed by atoms with E-state index in [1.54, 1.807) is 0 Å².